The third kappa shape index (κ3) is 3.11. The van der Waals surface area contributed by atoms with Gasteiger partial charge in [-0.25, -0.2) is 0 Å². The van der Waals surface area contributed by atoms with Crippen LogP contribution in [-0.2, 0) is 0 Å². The predicted octanol–water partition coefficient (Wildman–Crippen LogP) is 2.48. The molecule has 0 saturated carbocycles. The van der Waals surface area contributed by atoms with Gasteiger partial charge in [-0.15, -0.1) is 10.2 Å². The molecule has 0 bridgehead atoms. The molecule has 0 atom stereocenters. The Morgan fingerprint density at radius 1 is 1.40 bits per heavy atom. The van der Waals surface area contributed by atoms with E-state index < -0.39 is 4.92 Å². The van der Waals surface area contributed by atoms with Gasteiger partial charge in [0.2, 0.25) is 5.13 Å². The summed E-state index contributed by atoms with van der Waals surface area (Å²) >= 11 is 2.64. The number of anilines is 1. The molecule has 0 aliphatic carbocycles. The van der Waals surface area contributed by atoms with E-state index in [-0.39, 0.29) is 11.3 Å². The average molecular weight is 310 g/mol. The molecule has 1 aromatic heterocycles. The van der Waals surface area contributed by atoms with Gasteiger partial charge in [0.05, 0.1) is 4.92 Å². The minimum atomic E-state index is -0.531. The van der Waals surface area contributed by atoms with Gasteiger partial charge in [0.1, 0.15) is 0 Å². The number of aldehydes is 1. The van der Waals surface area contributed by atoms with Gasteiger partial charge in [0, 0.05) is 36.7 Å². The Morgan fingerprint density at radius 3 is 2.70 bits per heavy atom. The van der Waals surface area contributed by atoms with Crippen molar-refractivity contribution in [3.8, 4) is 0 Å². The zero-order valence-corrected chi connectivity index (χ0v) is 12.3. The highest BCUT2D eigenvalue weighted by Gasteiger charge is 2.14. The van der Waals surface area contributed by atoms with Crippen LogP contribution in [0.5, 0.6) is 0 Å². The fourth-order valence-corrected chi connectivity index (χ4v) is 3.15. The largest absolute Gasteiger partial charge is 0.353 e. The SMILES string of the molecule is CN(C)c1nnc(Sc2ccc([N+](=O)[O-])cc2C=O)s1. The van der Waals surface area contributed by atoms with Gasteiger partial charge in [0.15, 0.2) is 10.6 Å². The second-order valence-corrected chi connectivity index (χ2v) is 6.19. The van der Waals surface area contributed by atoms with Gasteiger partial charge in [-0.3, -0.25) is 14.9 Å². The lowest BCUT2D eigenvalue weighted by Crippen LogP contribution is -2.07. The summed E-state index contributed by atoms with van der Waals surface area (Å²) in [5.41, 5.74) is 0.161. The Hall–Kier alpha value is -2.00. The molecule has 0 N–H and O–H groups in total. The Bertz CT molecular complexity index is 657. The maximum atomic E-state index is 11.0. The standard InChI is InChI=1S/C11H10N4O3S2/c1-14(2)10-12-13-11(20-10)19-9-4-3-8(15(17)18)5-7(9)6-16/h3-6H,1-2H3. The van der Waals surface area contributed by atoms with Crippen molar-refractivity contribution in [3.05, 3.63) is 33.9 Å². The van der Waals surface area contributed by atoms with Crippen molar-refractivity contribution in [2.45, 2.75) is 9.24 Å². The first-order chi connectivity index (χ1) is 9.51. The van der Waals surface area contributed by atoms with Crippen LogP contribution in [0.3, 0.4) is 0 Å². The Kier molecular flexibility index (Phi) is 4.30. The smallest absolute Gasteiger partial charge is 0.270 e. The summed E-state index contributed by atoms with van der Waals surface area (Å²) < 4.78 is 0.672. The van der Waals surface area contributed by atoms with Crippen molar-refractivity contribution < 1.29 is 9.72 Å². The first-order valence-corrected chi connectivity index (χ1v) is 7.07. The van der Waals surface area contributed by atoms with Crippen LogP contribution in [0, 0.1) is 10.1 Å². The lowest BCUT2D eigenvalue weighted by Gasteiger charge is -2.04. The number of aromatic nitrogens is 2. The van der Waals surface area contributed by atoms with Crippen molar-refractivity contribution in [1.29, 1.82) is 0 Å². The second-order valence-electron chi connectivity index (χ2n) is 3.94. The maximum absolute atomic E-state index is 11.0. The molecular weight excluding hydrogens is 300 g/mol. The molecule has 0 fully saturated rings. The molecule has 0 aliphatic heterocycles. The maximum Gasteiger partial charge on any atom is 0.270 e. The average Bonchev–Trinajstić information content (AvgIpc) is 2.87. The molecule has 0 unspecified atom stereocenters. The monoisotopic (exact) mass is 310 g/mol. The second kappa shape index (κ2) is 5.97. The lowest BCUT2D eigenvalue weighted by molar-refractivity contribution is -0.384. The number of nitrogens with zero attached hydrogens (tertiary/aromatic N) is 4. The summed E-state index contributed by atoms with van der Waals surface area (Å²) in [6, 6.07) is 4.16. The summed E-state index contributed by atoms with van der Waals surface area (Å²) in [5, 5.41) is 19.4. The van der Waals surface area contributed by atoms with Crippen LogP contribution in [0.25, 0.3) is 0 Å². The number of carbonyl (C=O) groups is 1. The van der Waals surface area contributed by atoms with E-state index >= 15 is 0 Å². The molecule has 7 nitrogen and oxygen atoms in total. The molecule has 0 saturated heterocycles. The molecule has 0 amide bonds. The fourth-order valence-electron chi connectivity index (χ4n) is 1.35. The van der Waals surface area contributed by atoms with Gasteiger partial charge < -0.3 is 4.90 Å². The number of rotatable bonds is 5. The molecular formula is C11H10N4O3S2. The highest BCUT2D eigenvalue weighted by Crippen LogP contribution is 2.35. The number of hydrogen-bond acceptors (Lipinski definition) is 8. The molecule has 9 heteroatoms. The molecule has 2 aromatic rings. The number of non-ortho nitro benzene ring substituents is 1. The zero-order valence-electron chi connectivity index (χ0n) is 10.6. The summed E-state index contributed by atoms with van der Waals surface area (Å²) in [6.45, 7) is 0. The van der Waals surface area contributed by atoms with Crippen LogP contribution < -0.4 is 4.90 Å². The van der Waals surface area contributed by atoms with Gasteiger partial charge in [-0.05, 0) is 6.07 Å². The van der Waals surface area contributed by atoms with E-state index in [0.29, 0.717) is 15.5 Å². The normalized spacial score (nSPS) is 10.3. The first-order valence-electron chi connectivity index (χ1n) is 5.43. The molecule has 1 aromatic carbocycles. The molecule has 20 heavy (non-hydrogen) atoms. The van der Waals surface area contributed by atoms with E-state index in [2.05, 4.69) is 10.2 Å². The van der Waals surface area contributed by atoms with Crippen molar-refractivity contribution in [3.63, 3.8) is 0 Å². The van der Waals surface area contributed by atoms with Crippen molar-refractivity contribution in [1.82, 2.24) is 10.2 Å². The summed E-state index contributed by atoms with van der Waals surface area (Å²) in [7, 11) is 3.72. The number of carbonyl (C=O) groups excluding carboxylic acids is 1. The molecule has 104 valence electrons. The van der Waals surface area contributed by atoms with Gasteiger partial charge in [-0.2, -0.15) is 0 Å². The van der Waals surface area contributed by atoms with E-state index in [1.165, 1.54) is 35.2 Å². The minimum absolute atomic E-state index is 0.109. The number of hydrogen-bond donors (Lipinski definition) is 0. The highest BCUT2D eigenvalue weighted by molar-refractivity contribution is 8.01. The quantitative estimate of drug-likeness (QED) is 0.476. The highest BCUT2D eigenvalue weighted by atomic mass is 32.2. The van der Waals surface area contributed by atoms with Gasteiger partial charge >= 0.3 is 0 Å². The molecule has 2 rings (SSSR count). The summed E-state index contributed by atoms with van der Waals surface area (Å²) in [6.07, 6.45) is 0.600. The molecule has 0 spiro atoms. The fraction of sp³-hybridized carbons (Fsp3) is 0.182. The Morgan fingerprint density at radius 2 is 2.15 bits per heavy atom. The third-order valence-corrected chi connectivity index (χ3v) is 4.54. The van der Waals surface area contributed by atoms with Crippen LogP contribution in [0.15, 0.2) is 27.4 Å². The number of nitro benzene ring substituents is 1. The Labute approximate surface area is 122 Å². The summed E-state index contributed by atoms with van der Waals surface area (Å²) in [4.78, 5) is 23.6. The Balaban J connectivity index is 2.28. The van der Waals surface area contributed by atoms with Crippen LogP contribution in [0.1, 0.15) is 10.4 Å². The van der Waals surface area contributed by atoms with Crippen LogP contribution in [0.4, 0.5) is 10.8 Å². The topological polar surface area (TPSA) is 89.2 Å². The van der Waals surface area contributed by atoms with Crippen molar-refractivity contribution >= 4 is 40.2 Å². The minimum Gasteiger partial charge on any atom is -0.353 e. The van der Waals surface area contributed by atoms with Crippen molar-refractivity contribution in [2.24, 2.45) is 0 Å². The number of benzene rings is 1. The predicted molar refractivity (Wildman–Crippen MR) is 76.8 cm³/mol. The molecule has 1 heterocycles. The van der Waals surface area contributed by atoms with Gasteiger partial charge in [-0.1, -0.05) is 23.1 Å². The van der Waals surface area contributed by atoms with E-state index in [9.17, 15) is 14.9 Å². The summed E-state index contributed by atoms with van der Waals surface area (Å²) in [5.74, 6) is 0. The van der Waals surface area contributed by atoms with E-state index in [1.54, 1.807) is 6.07 Å². The van der Waals surface area contributed by atoms with E-state index in [4.69, 9.17) is 0 Å². The van der Waals surface area contributed by atoms with Crippen LogP contribution >= 0.6 is 23.1 Å². The number of nitro groups is 1. The molecule has 0 radical (unpaired) electrons. The third-order valence-electron chi connectivity index (χ3n) is 2.31. The lowest BCUT2D eigenvalue weighted by atomic mass is 10.2. The van der Waals surface area contributed by atoms with E-state index in [1.807, 2.05) is 19.0 Å². The molecule has 0 aliphatic rings. The van der Waals surface area contributed by atoms with E-state index in [0.717, 1.165) is 5.13 Å². The first kappa shape index (κ1) is 14.4. The van der Waals surface area contributed by atoms with Crippen molar-refractivity contribution in [2.75, 3.05) is 19.0 Å². The van der Waals surface area contributed by atoms with Crippen LogP contribution in [0.2, 0.25) is 0 Å². The van der Waals surface area contributed by atoms with Crippen LogP contribution in [-0.4, -0.2) is 35.5 Å². The zero-order chi connectivity index (χ0) is 14.7. The van der Waals surface area contributed by atoms with Gasteiger partial charge in [0.25, 0.3) is 5.69 Å².